The number of nitrogens with zero attached hydrogens (tertiary/aromatic N) is 2. The molecule has 0 unspecified atom stereocenters. The first-order valence-electron chi connectivity index (χ1n) is 9.82. The molecule has 0 bridgehead atoms. The number of phenolic OH excluding ortho intramolecular Hbond substituents is 1. The lowest BCUT2D eigenvalue weighted by atomic mass is 10.1. The van der Waals surface area contributed by atoms with Crippen LogP contribution in [0, 0.1) is 0 Å². The second kappa shape index (κ2) is 8.16. The average molecular weight is 406 g/mol. The molecule has 0 atom stereocenters. The fraction of sp³-hybridized carbons (Fsp3) is 0. The van der Waals surface area contributed by atoms with Gasteiger partial charge in [0.1, 0.15) is 23.0 Å². The van der Waals surface area contributed by atoms with Gasteiger partial charge in [0, 0.05) is 6.07 Å². The lowest BCUT2D eigenvalue weighted by molar-refractivity contribution is 0.452. The molecule has 0 aliphatic carbocycles. The molecule has 0 spiro atoms. The highest BCUT2D eigenvalue weighted by molar-refractivity contribution is 5.86. The normalized spacial score (nSPS) is 10.7. The van der Waals surface area contributed by atoms with Crippen molar-refractivity contribution in [2.75, 3.05) is 0 Å². The summed E-state index contributed by atoms with van der Waals surface area (Å²) in [6, 6.07) is 31.5. The summed E-state index contributed by atoms with van der Waals surface area (Å²) in [7, 11) is 0. The van der Waals surface area contributed by atoms with Gasteiger partial charge in [-0.2, -0.15) is 4.98 Å². The van der Waals surface area contributed by atoms with Gasteiger partial charge < -0.3 is 14.6 Å². The van der Waals surface area contributed by atoms with Gasteiger partial charge in [-0.05, 0) is 48.5 Å². The lowest BCUT2D eigenvalue weighted by Gasteiger charge is -2.12. The van der Waals surface area contributed by atoms with Crippen LogP contribution in [0.25, 0.3) is 22.3 Å². The summed E-state index contributed by atoms with van der Waals surface area (Å²) in [5.74, 6) is 2.89. The Hall–Kier alpha value is -4.38. The standard InChI is InChI=1S/C26H18N2O3/c29-24-16-7-5-14-22(24)25-27-23-15-6-4-13-21(23)26(28-25)31-20-12-8-11-19(17-20)30-18-9-2-1-3-10-18/h1-17,29H. The highest BCUT2D eigenvalue weighted by atomic mass is 16.5. The molecule has 1 N–H and O–H groups in total. The molecule has 0 fully saturated rings. The van der Waals surface area contributed by atoms with E-state index in [4.69, 9.17) is 9.47 Å². The molecule has 0 saturated carbocycles. The molecular weight excluding hydrogens is 388 g/mol. The summed E-state index contributed by atoms with van der Waals surface area (Å²) < 4.78 is 12.1. The number of para-hydroxylation sites is 3. The van der Waals surface area contributed by atoms with Crippen molar-refractivity contribution in [3.8, 4) is 40.3 Å². The van der Waals surface area contributed by atoms with Crippen LogP contribution in [0.5, 0.6) is 28.9 Å². The number of aromatic hydroxyl groups is 1. The topological polar surface area (TPSA) is 64.5 Å². The largest absolute Gasteiger partial charge is 0.507 e. The van der Waals surface area contributed by atoms with E-state index in [0.29, 0.717) is 28.8 Å². The van der Waals surface area contributed by atoms with Gasteiger partial charge in [-0.3, -0.25) is 0 Å². The molecule has 4 aromatic carbocycles. The molecule has 0 aliphatic rings. The number of benzene rings is 4. The predicted octanol–water partition coefficient (Wildman–Crippen LogP) is 6.59. The Kier molecular flexibility index (Phi) is 4.91. The van der Waals surface area contributed by atoms with E-state index >= 15 is 0 Å². The van der Waals surface area contributed by atoms with E-state index in [9.17, 15) is 5.11 Å². The van der Waals surface area contributed by atoms with Crippen molar-refractivity contribution in [3.05, 3.63) is 103 Å². The Morgan fingerprint density at radius 3 is 2.10 bits per heavy atom. The maximum atomic E-state index is 10.3. The molecule has 0 aliphatic heterocycles. The number of hydrogen-bond donors (Lipinski definition) is 1. The first kappa shape index (κ1) is 18.6. The van der Waals surface area contributed by atoms with Crippen LogP contribution in [0.2, 0.25) is 0 Å². The number of rotatable bonds is 5. The predicted molar refractivity (Wildman–Crippen MR) is 120 cm³/mol. The van der Waals surface area contributed by atoms with E-state index in [0.717, 1.165) is 16.7 Å². The number of aromatic nitrogens is 2. The molecule has 31 heavy (non-hydrogen) atoms. The van der Waals surface area contributed by atoms with E-state index in [-0.39, 0.29) is 5.75 Å². The van der Waals surface area contributed by atoms with Crippen molar-refractivity contribution in [3.63, 3.8) is 0 Å². The number of fused-ring (bicyclic) bond motifs is 1. The summed E-state index contributed by atoms with van der Waals surface area (Å²) >= 11 is 0. The van der Waals surface area contributed by atoms with Crippen LogP contribution in [-0.2, 0) is 0 Å². The third-order valence-electron chi connectivity index (χ3n) is 4.71. The van der Waals surface area contributed by atoms with Crippen molar-refractivity contribution in [1.82, 2.24) is 9.97 Å². The minimum absolute atomic E-state index is 0.113. The highest BCUT2D eigenvalue weighted by Crippen LogP contribution is 2.34. The van der Waals surface area contributed by atoms with Gasteiger partial charge in [0.15, 0.2) is 5.82 Å². The molecule has 5 rings (SSSR count). The van der Waals surface area contributed by atoms with Crippen LogP contribution in [-0.4, -0.2) is 15.1 Å². The molecule has 1 aromatic heterocycles. The fourth-order valence-corrected chi connectivity index (χ4v) is 3.25. The molecule has 5 heteroatoms. The van der Waals surface area contributed by atoms with Gasteiger partial charge in [-0.25, -0.2) is 4.98 Å². The monoisotopic (exact) mass is 406 g/mol. The number of ether oxygens (including phenoxy) is 2. The van der Waals surface area contributed by atoms with E-state index in [1.54, 1.807) is 18.2 Å². The molecule has 1 heterocycles. The van der Waals surface area contributed by atoms with Crippen molar-refractivity contribution in [2.45, 2.75) is 0 Å². The van der Waals surface area contributed by atoms with Crippen LogP contribution < -0.4 is 9.47 Å². The van der Waals surface area contributed by atoms with E-state index < -0.39 is 0 Å². The summed E-state index contributed by atoms with van der Waals surface area (Å²) in [5.41, 5.74) is 1.27. The summed E-state index contributed by atoms with van der Waals surface area (Å²) in [4.78, 5) is 9.21. The zero-order valence-corrected chi connectivity index (χ0v) is 16.5. The van der Waals surface area contributed by atoms with E-state index in [2.05, 4.69) is 9.97 Å². The summed E-state index contributed by atoms with van der Waals surface area (Å²) in [6.45, 7) is 0. The van der Waals surface area contributed by atoms with Crippen LogP contribution >= 0.6 is 0 Å². The third-order valence-corrected chi connectivity index (χ3v) is 4.71. The van der Waals surface area contributed by atoms with Crippen LogP contribution in [0.4, 0.5) is 0 Å². The summed E-state index contributed by atoms with van der Waals surface area (Å²) in [5, 5.41) is 11.0. The Labute approximate surface area is 179 Å². The van der Waals surface area contributed by atoms with Crippen LogP contribution in [0.1, 0.15) is 0 Å². The zero-order chi connectivity index (χ0) is 21.0. The molecule has 0 radical (unpaired) electrons. The maximum absolute atomic E-state index is 10.3. The smallest absolute Gasteiger partial charge is 0.230 e. The average Bonchev–Trinajstić information content (AvgIpc) is 2.80. The molecule has 150 valence electrons. The summed E-state index contributed by atoms with van der Waals surface area (Å²) in [6.07, 6.45) is 0. The second-order valence-corrected chi connectivity index (χ2v) is 6.88. The quantitative estimate of drug-likeness (QED) is 0.357. The van der Waals surface area contributed by atoms with Crippen molar-refractivity contribution in [1.29, 1.82) is 0 Å². The highest BCUT2D eigenvalue weighted by Gasteiger charge is 2.14. The second-order valence-electron chi connectivity index (χ2n) is 6.88. The third kappa shape index (κ3) is 4.02. The first-order chi connectivity index (χ1) is 15.3. The van der Waals surface area contributed by atoms with Crippen LogP contribution in [0.15, 0.2) is 103 Å². The molecule has 0 amide bonds. The van der Waals surface area contributed by atoms with E-state index in [1.165, 1.54) is 0 Å². The zero-order valence-electron chi connectivity index (χ0n) is 16.5. The molecule has 5 nitrogen and oxygen atoms in total. The Morgan fingerprint density at radius 2 is 1.26 bits per heavy atom. The minimum Gasteiger partial charge on any atom is -0.507 e. The van der Waals surface area contributed by atoms with Gasteiger partial charge in [-0.15, -0.1) is 0 Å². The first-order valence-corrected chi connectivity index (χ1v) is 9.82. The van der Waals surface area contributed by atoms with E-state index in [1.807, 2.05) is 84.9 Å². The van der Waals surface area contributed by atoms with Gasteiger partial charge >= 0.3 is 0 Å². The fourth-order valence-electron chi connectivity index (χ4n) is 3.25. The van der Waals surface area contributed by atoms with Gasteiger partial charge in [0.2, 0.25) is 5.88 Å². The van der Waals surface area contributed by atoms with Gasteiger partial charge in [0.05, 0.1) is 16.5 Å². The molecule has 5 aromatic rings. The number of phenols is 1. The Balaban J connectivity index is 1.53. The Morgan fingerprint density at radius 1 is 0.581 bits per heavy atom. The van der Waals surface area contributed by atoms with Crippen molar-refractivity contribution in [2.24, 2.45) is 0 Å². The SMILES string of the molecule is Oc1ccccc1-c1nc(Oc2cccc(Oc3ccccc3)c2)c2ccccc2n1. The van der Waals surface area contributed by atoms with Crippen molar-refractivity contribution >= 4 is 10.9 Å². The molecular formula is C26H18N2O3. The van der Waals surface area contributed by atoms with Gasteiger partial charge in [0.25, 0.3) is 0 Å². The maximum Gasteiger partial charge on any atom is 0.230 e. The number of hydrogen-bond acceptors (Lipinski definition) is 5. The Bertz CT molecular complexity index is 1350. The van der Waals surface area contributed by atoms with Crippen LogP contribution in [0.3, 0.4) is 0 Å². The molecule has 0 saturated heterocycles. The lowest BCUT2D eigenvalue weighted by Crippen LogP contribution is -1.96. The van der Waals surface area contributed by atoms with Gasteiger partial charge in [-0.1, -0.05) is 48.5 Å². The van der Waals surface area contributed by atoms with Crippen molar-refractivity contribution < 1.29 is 14.6 Å². The minimum atomic E-state index is 0.113.